The van der Waals surface area contributed by atoms with Crippen LogP contribution in [0.15, 0.2) is 121 Å². The monoisotopic (exact) mass is 874 g/mol. The quantitative estimate of drug-likeness (QED) is 0.113. The molecular weight excluding hydrogens is 841 g/mol. The minimum absolute atomic E-state index is 0.0491. The highest BCUT2D eigenvalue weighted by atomic mass is 32.1. The maximum atomic E-state index is 14.7. The van der Waals surface area contributed by atoms with Gasteiger partial charge in [0.05, 0.1) is 57.8 Å². The van der Waals surface area contributed by atoms with Gasteiger partial charge in [-0.25, -0.2) is 46.9 Å². The average molecular weight is 875 g/mol. The summed E-state index contributed by atoms with van der Waals surface area (Å²) in [6, 6.07) is 24.3. The van der Waals surface area contributed by atoms with Crippen LogP contribution in [-0.4, -0.2) is 49.7 Å². The Morgan fingerprint density at radius 1 is 0.613 bits per heavy atom. The highest BCUT2D eigenvalue weighted by Gasteiger charge is 2.42. The number of halogens is 4. The first-order chi connectivity index (χ1) is 29.8. The van der Waals surface area contributed by atoms with Crippen LogP contribution in [0.1, 0.15) is 58.0 Å². The molecule has 0 aliphatic carbocycles. The van der Waals surface area contributed by atoms with Crippen LogP contribution < -0.4 is 0 Å². The summed E-state index contributed by atoms with van der Waals surface area (Å²) in [5.74, 6) is -4.44. The Kier molecular flexibility index (Phi) is 12.8. The maximum Gasteiger partial charge on any atom is 0.137 e. The molecule has 62 heavy (non-hydrogen) atoms. The van der Waals surface area contributed by atoms with Crippen LogP contribution in [0.3, 0.4) is 0 Å². The van der Waals surface area contributed by atoms with E-state index in [1.807, 2.05) is 10.8 Å². The van der Waals surface area contributed by atoms with Crippen LogP contribution in [0, 0.1) is 45.9 Å². The van der Waals surface area contributed by atoms with E-state index < -0.39 is 46.3 Å². The number of aliphatic hydroxyl groups is 2. The molecule has 4 aromatic heterocycles. The number of nitrogens with zero attached hydrogens (tertiary/aromatic N) is 10. The summed E-state index contributed by atoms with van der Waals surface area (Å²) in [5, 5.41) is 54.1. The Hall–Kier alpha value is -6.96. The van der Waals surface area contributed by atoms with Gasteiger partial charge in [-0.1, -0.05) is 50.2 Å². The number of thiazole rings is 2. The van der Waals surface area contributed by atoms with E-state index >= 15 is 0 Å². The highest BCUT2D eigenvalue weighted by molar-refractivity contribution is 7.10. The molecule has 312 valence electrons. The molecule has 0 aliphatic heterocycles. The molecule has 0 radical (unpaired) electrons. The summed E-state index contributed by atoms with van der Waals surface area (Å²) in [7, 11) is 0. The van der Waals surface area contributed by atoms with Crippen molar-refractivity contribution >= 4 is 22.7 Å². The summed E-state index contributed by atoms with van der Waals surface area (Å²) >= 11 is 2.66. The molecule has 8 rings (SSSR count). The van der Waals surface area contributed by atoms with Crippen molar-refractivity contribution in [1.29, 1.82) is 10.5 Å². The van der Waals surface area contributed by atoms with Crippen molar-refractivity contribution in [3.63, 3.8) is 0 Å². The number of hydrogen-bond donors (Lipinski definition) is 2. The fraction of sp³-hybridized carbons (Fsp3) is 0.182. The van der Waals surface area contributed by atoms with Crippen molar-refractivity contribution in [2.24, 2.45) is 0 Å². The maximum absolute atomic E-state index is 14.7. The lowest BCUT2D eigenvalue weighted by atomic mass is 9.82. The molecule has 18 heteroatoms. The molecule has 12 nitrogen and oxygen atoms in total. The molecule has 0 bridgehead atoms. The van der Waals surface area contributed by atoms with E-state index in [0.717, 1.165) is 35.4 Å². The SMILES string of the molecule is C[C@@H](c1nc(-c2ccc(C#N)cc2)cs1)[C@](O)(Cn1cncn1)c1ccc(F)cc1F.C[C@@H](c1nc(-c2ccc(C#N)cc2)cs1)[C@](O)(Cn1cncn1)c1ccc(F)cc1F. The third kappa shape index (κ3) is 9.19. The van der Waals surface area contributed by atoms with Gasteiger partial charge in [0.1, 0.15) is 59.8 Å². The minimum Gasteiger partial charge on any atom is -0.382 e. The topological polar surface area (TPSA) is 175 Å². The Morgan fingerprint density at radius 2 is 1.00 bits per heavy atom. The van der Waals surface area contributed by atoms with E-state index in [4.69, 9.17) is 10.5 Å². The van der Waals surface area contributed by atoms with Gasteiger partial charge in [0.25, 0.3) is 0 Å². The smallest absolute Gasteiger partial charge is 0.137 e. The zero-order valence-electron chi connectivity index (χ0n) is 32.8. The first-order valence-electron chi connectivity index (χ1n) is 18.7. The molecule has 2 N–H and O–H groups in total. The molecule has 0 amide bonds. The third-order valence-corrected chi connectivity index (χ3v) is 12.4. The van der Waals surface area contributed by atoms with E-state index in [2.05, 4.69) is 42.3 Å². The van der Waals surface area contributed by atoms with Gasteiger partial charge < -0.3 is 10.2 Å². The average Bonchev–Trinajstić information content (AvgIpc) is 4.13. The van der Waals surface area contributed by atoms with Gasteiger partial charge in [0.15, 0.2) is 0 Å². The van der Waals surface area contributed by atoms with Crippen LogP contribution in [0.2, 0.25) is 0 Å². The molecule has 0 unspecified atom stereocenters. The number of nitriles is 2. The molecule has 4 atom stereocenters. The van der Waals surface area contributed by atoms with E-state index in [1.165, 1.54) is 69.5 Å². The second kappa shape index (κ2) is 18.3. The van der Waals surface area contributed by atoms with Crippen LogP contribution in [0.4, 0.5) is 17.6 Å². The minimum atomic E-state index is -1.76. The predicted octanol–water partition coefficient (Wildman–Crippen LogP) is 8.49. The van der Waals surface area contributed by atoms with Crippen molar-refractivity contribution in [1.82, 2.24) is 39.5 Å². The van der Waals surface area contributed by atoms with Crippen LogP contribution in [-0.2, 0) is 24.3 Å². The largest absolute Gasteiger partial charge is 0.382 e. The molecule has 0 saturated heterocycles. The van der Waals surface area contributed by atoms with Gasteiger partial charge in [-0.3, -0.25) is 0 Å². The van der Waals surface area contributed by atoms with Crippen molar-refractivity contribution < 1.29 is 27.8 Å². The van der Waals surface area contributed by atoms with Gasteiger partial charge in [-0.05, 0) is 36.4 Å². The Bertz CT molecular complexity index is 2660. The fourth-order valence-electron chi connectivity index (χ4n) is 6.79. The van der Waals surface area contributed by atoms with Gasteiger partial charge >= 0.3 is 0 Å². The summed E-state index contributed by atoms with van der Waals surface area (Å²) < 4.78 is 59.2. The lowest BCUT2D eigenvalue weighted by Crippen LogP contribution is -2.38. The zero-order chi connectivity index (χ0) is 44.0. The van der Waals surface area contributed by atoms with Gasteiger partial charge in [-0.15, -0.1) is 22.7 Å². The standard InChI is InChI=1S/2C22H17F2N5OS/c2*1-14(21-28-20(10-31-21)16-4-2-15(9-25)3-5-16)22(30,11-29-13-26-12-27-29)18-7-6-17(23)8-19(18)24/h2*2-8,10,12-14,30H,11H2,1H3/t2*14-,22+/m00/s1. The number of aromatic nitrogens is 8. The van der Waals surface area contributed by atoms with Crippen LogP contribution in [0.25, 0.3) is 22.5 Å². The van der Waals surface area contributed by atoms with Gasteiger partial charge in [0, 0.05) is 57.0 Å². The Labute approximate surface area is 360 Å². The summed E-state index contributed by atoms with van der Waals surface area (Å²) in [6.07, 6.45) is 5.48. The van der Waals surface area contributed by atoms with E-state index in [0.29, 0.717) is 32.5 Å². The normalized spacial score (nSPS) is 14.0. The van der Waals surface area contributed by atoms with E-state index in [9.17, 15) is 27.8 Å². The Morgan fingerprint density at radius 3 is 1.32 bits per heavy atom. The van der Waals surface area contributed by atoms with Gasteiger partial charge in [0.2, 0.25) is 0 Å². The molecule has 8 aromatic rings. The lowest BCUT2D eigenvalue weighted by Gasteiger charge is -2.33. The summed E-state index contributed by atoms with van der Waals surface area (Å²) in [4.78, 5) is 17.0. The Balaban J connectivity index is 0.000000186. The molecule has 4 heterocycles. The summed E-state index contributed by atoms with van der Waals surface area (Å²) in [6.45, 7) is 3.28. The zero-order valence-corrected chi connectivity index (χ0v) is 34.4. The molecule has 4 aromatic carbocycles. The first-order valence-corrected chi connectivity index (χ1v) is 20.5. The highest BCUT2D eigenvalue weighted by Crippen LogP contribution is 2.43. The third-order valence-electron chi connectivity index (χ3n) is 10.4. The van der Waals surface area contributed by atoms with Crippen molar-refractivity contribution in [2.75, 3.05) is 0 Å². The van der Waals surface area contributed by atoms with Crippen LogP contribution in [0.5, 0.6) is 0 Å². The predicted molar refractivity (Wildman–Crippen MR) is 222 cm³/mol. The number of rotatable bonds is 12. The van der Waals surface area contributed by atoms with Crippen molar-refractivity contribution in [3.05, 3.63) is 177 Å². The van der Waals surface area contributed by atoms with Gasteiger partial charge in [-0.2, -0.15) is 20.7 Å². The summed E-state index contributed by atoms with van der Waals surface area (Å²) in [5.41, 5.74) is 0.472. The number of benzene rings is 4. The lowest BCUT2D eigenvalue weighted by molar-refractivity contribution is -0.0115. The van der Waals surface area contributed by atoms with E-state index in [1.54, 1.807) is 62.4 Å². The first kappa shape index (κ1) is 43.1. The molecule has 0 aliphatic rings. The van der Waals surface area contributed by atoms with Crippen molar-refractivity contribution in [3.8, 4) is 34.7 Å². The second-order valence-corrected chi connectivity index (χ2v) is 16.0. The molecule has 0 fully saturated rings. The molecule has 0 spiro atoms. The molecular formula is C44H34F4N10O2S2. The number of hydrogen-bond acceptors (Lipinski definition) is 12. The van der Waals surface area contributed by atoms with E-state index in [-0.39, 0.29) is 24.2 Å². The fourth-order valence-corrected chi connectivity index (χ4v) is 8.73. The van der Waals surface area contributed by atoms with Crippen LogP contribution >= 0.6 is 22.7 Å². The second-order valence-electron chi connectivity index (χ2n) is 14.2. The van der Waals surface area contributed by atoms with Crippen molar-refractivity contribution in [2.45, 2.75) is 50.0 Å². The molecule has 0 saturated carbocycles.